The number of rotatable bonds is 7. The summed E-state index contributed by atoms with van der Waals surface area (Å²) in [6.07, 6.45) is 0. The van der Waals surface area contributed by atoms with Gasteiger partial charge in [0.25, 0.3) is 0 Å². The molecule has 1 aromatic heterocycles. The second-order valence-corrected chi connectivity index (χ2v) is 6.41. The topological polar surface area (TPSA) is 73.6 Å². The van der Waals surface area contributed by atoms with Gasteiger partial charge in [-0.15, -0.1) is 0 Å². The minimum Gasteiger partial charge on any atom is -0.493 e. The maximum absolute atomic E-state index is 12.5. The van der Waals surface area contributed by atoms with E-state index in [1.807, 2.05) is 48.5 Å². The number of benzene rings is 3. The van der Waals surface area contributed by atoms with Gasteiger partial charge >= 0.3 is 0 Å². The number of nitrogens with zero attached hydrogens (tertiary/aromatic N) is 1. The van der Waals surface area contributed by atoms with Crippen LogP contribution in [0.2, 0.25) is 0 Å². The second kappa shape index (κ2) is 8.06. The Bertz CT molecular complexity index is 1120. The molecule has 3 aromatic carbocycles. The number of fused-ring (bicyclic) bond motifs is 1. The van der Waals surface area contributed by atoms with Crippen LogP contribution in [0.5, 0.6) is 11.5 Å². The Morgan fingerprint density at radius 2 is 1.72 bits per heavy atom. The lowest BCUT2D eigenvalue weighted by atomic mass is 10.1. The third-order valence-corrected chi connectivity index (χ3v) is 4.58. The first-order valence-corrected chi connectivity index (χ1v) is 9.13. The molecule has 4 rings (SSSR count). The Hall–Kier alpha value is -3.80. The van der Waals surface area contributed by atoms with E-state index in [1.165, 1.54) is 0 Å². The van der Waals surface area contributed by atoms with Crippen LogP contribution in [0, 0.1) is 0 Å². The van der Waals surface area contributed by atoms with Crippen molar-refractivity contribution in [1.82, 2.24) is 4.98 Å². The molecule has 0 unspecified atom stereocenters. The summed E-state index contributed by atoms with van der Waals surface area (Å²) in [6, 6.07) is 20.4. The SMILES string of the molecule is COc1ccc(C(=O)CNc2ccc(-c3nc4ccccc4o3)cc2)cc1OC. The van der Waals surface area contributed by atoms with Gasteiger partial charge in [0.15, 0.2) is 22.9 Å². The molecule has 6 heteroatoms. The Balaban J connectivity index is 1.43. The summed E-state index contributed by atoms with van der Waals surface area (Å²) in [5.74, 6) is 1.64. The number of ether oxygens (including phenoxy) is 2. The van der Waals surface area contributed by atoms with Gasteiger partial charge in [0.2, 0.25) is 5.89 Å². The number of nitrogens with one attached hydrogen (secondary N) is 1. The van der Waals surface area contributed by atoms with E-state index >= 15 is 0 Å². The van der Waals surface area contributed by atoms with E-state index in [0.29, 0.717) is 23.0 Å². The molecular weight excluding hydrogens is 368 g/mol. The first-order valence-electron chi connectivity index (χ1n) is 9.13. The van der Waals surface area contributed by atoms with Crippen LogP contribution in [0.1, 0.15) is 10.4 Å². The van der Waals surface area contributed by atoms with Crippen LogP contribution in [0.3, 0.4) is 0 Å². The molecule has 0 saturated heterocycles. The average Bonchev–Trinajstić information content (AvgIpc) is 3.21. The fourth-order valence-corrected chi connectivity index (χ4v) is 3.02. The third kappa shape index (κ3) is 3.91. The molecule has 0 radical (unpaired) electrons. The van der Waals surface area contributed by atoms with Crippen LogP contribution in [0.15, 0.2) is 71.1 Å². The van der Waals surface area contributed by atoms with E-state index in [-0.39, 0.29) is 12.3 Å². The molecule has 29 heavy (non-hydrogen) atoms. The normalized spacial score (nSPS) is 10.7. The molecule has 1 N–H and O–H groups in total. The molecule has 0 atom stereocenters. The zero-order valence-corrected chi connectivity index (χ0v) is 16.1. The number of carbonyl (C=O) groups excluding carboxylic acids is 1. The Morgan fingerprint density at radius 3 is 2.45 bits per heavy atom. The smallest absolute Gasteiger partial charge is 0.227 e. The van der Waals surface area contributed by atoms with Gasteiger partial charge in [-0.05, 0) is 54.6 Å². The van der Waals surface area contributed by atoms with E-state index in [4.69, 9.17) is 13.9 Å². The summed E-state index contributed by atoms with van der Waals surface area (Å²) in [5, 5.41) is 3.14. The molecule has 0 amide bonds. The fraction of sp³-hybridized carbons (Fsp3) is 0.130. The van der Waals surface area contributed by atoms with Gasteiger partial charge in [-0.1, -0.05) is 12.1 Å². The molecule has 0 aliphatic carbocycles. The number of methoxy groups -OCH3 is 2. The third-order valence-electron chi connectivity index (χ3n) is 4.58. The fourth-order valence-electron chi connectivity index (χ4n) is 3.02. The first-order chi connectivity index (χ1) is 14.2. The number of aromatic nitrogens is 1. The zero-order valence-electron chi connectivity index (χ0n) is 16.1. The summed E-state index contributed by atoms with van der Waals surface area (Å²) in [4.78, 5) is 17.0. The van der Waals surface area contributed by atoms with Crippen molar-refractivity contribution in [2.75, 3.05) is 26.1 Å². The first kappa shape index (κ1) is 18.6. The molecule has 0 spiro atoms. The second-order valence-electron chi connectivity index (χ2n) is 6.41. The Labute approximate surface area is 168 Å². The molecule has 6 nitrogen and oxygen atoms in total. The van der Waals surface area contributed by atoms with E-state index in [9.17, 15) is 4.79 Å². The minimum absolute atomic E-state index is 0.0472. The van der Waals surface area contributed by atoms with Crippen molar-refractivity contribution in [3.63, 3.8) is 0 Å². The van der Waals surface area contributed by atoms with Crippen molar-refractivity contribution < 1.29 is 18.7 Å². The lowest BCUT2D eigenvalue weighted by Crippen LogP contribution is -2.14. The van der Waals surface area contributed by atoms with Crippen LogP contribution in [-0.2, 0) is 0 Å². The summed E-state index contributed by atoms with van der Waals surface area (Å²) in [7, 11) is 3.11. The van der Waals surface area contributed by atoms with Crippen molar-refractivity contribution in [1.29, 1.82) is 0 Å². The molecule has 0 fully saturated rings. The van der Waals surface area contributed by atoms with Gasteiger partial charge < -0.3 is 19.2 Å². The van der Waals surface area contributed by atoms with Gasteiger partial charge in [-0.3, -0.25) is 4.79 Å². The van der Waals surface area contributed by atoms with Gasteiger partial charge in [0, 0.05) is 16.8 Å². The Kier molecular flexibility index (Phi) is 5.16. The van der Waals surface area contributed by atoms with Crippen molar-refractivity contribution in [2.45, 2.75) is 0 Å². The van der Waals surface area contributed by atoms with Gasteiger partial charge in [-0.2, -0.15) is 0 Å². The molecule has 0 aliphatic rings. The minimum atomic E-state index is -0.0472. The van der Waals surface area contributed by atoms with Crippen molar-refractivity contribution >= 4 is 22.6 Å². The lowest BCUT2D eigenvalue weighted by Gasteiger charge is -2.10. The summed E-state index contributed by atoms with van der Waals surface area (Å²) < 4.78 is 16.2. The van der Waals surface area contributed by atoms with Crippen LogP contribution >= 0.6 is 0 Å². The van der Waals surface area contributed by atoms with Gasteiger partial charge in [-0.25, -0.2) is 4.98 Å². The summed E-state index contributed by atoms with van der Waals surface area (Å²) in [5.41, 5.74) is 3.84. The number of hydrogen-bond acceptors (Lipinski definition) is 6. The van der Waals surface area contributed by atoms with Gasteiger partial charge in [0.1, 0.15) is 5.52 Å². The summed E-state index contributed by atoms with van der Waals surface area (Å²) in [6.45, 7) is 0.164. The van der Waals surface area contributed by atoms with E-state index in [1.54, 1.807) is 32.4 Å². The highest BCUT2D eigenvalue weighted by Gasteiger charge is 2.11. The van der Waals surface area contributed by atoms with Crippen molar-refractivity contribution in [3.8, 4) is 23.0 Å². The van der Waals surface area contributed by atoms with Crippen LogP contribution < -0.4 is 14.8 Å². The monoisotopic (exact) mass is 388 g/mol. The number of ketones is 1. The summed E-state index contributed by atoms with van der Waals surface area (Å²) >= 11 is 0. The maximum atomic E-state index is 12.5. The zero-order chi connectivity index (χ0) is 20.2. The average molecular weight is 388 g/mol. The predicted molar refractivity (Wildman–Crippen MR) is 112 cm³/mol. The molecule has 0 bridgehead atoms. The van der Waals surface area contributed by atoms with Gasteiger partial charge in [0.05, 0.1) is 20.8 Å². The number of carbonyl (C=O) groups is 1. The maximum Gasteiger partial charge on any atom is 0.227 e. The molecule has 4 aromatic rings. The van der Waals surface area contributed by atoms with Crippen molar-refractivity contribution in [2.24, 2.45) is 0 Å². The molecule has 1 heterocycles. The van der Waals surface area contributed by atoms with Crippen LogP contribution in [-0.4, -0.2) is 31.5 Å². The lowest BCUT2D eigenvalue weighted by molar-refractivity contribution is 0.101. The van der Waals surface area contributed by atoms with E-state index in [0.717, 1.165) is 22.4 Å². The molecule has 146 valence electrons. The van der Waals surface area contributed by atoms with Crippen LogP contribution in [0.4, 0.5) is 5.69 Å². The Morgan fingerprint density at radius 1 is 0.966 bits per heavy atom. The largest absolute Gasteiger partial charge is 0.493 e. The highest BCUT2D eigenvalue weighted by atomic mass is 16.5. The molecule has 0 saturated carbocycles. The quantitative estimate of drug-likeness (QED) is 0.458. The predicted octanol–water partition coefficient (Wildman–Crippen LogP) is 4.81. The van der Waals surface area contributed by atoms with E-state index in [2.05, 4.69) is 10.3 Å². The van der Waals surface area contributed by atoms with Crippen LogP contribution in [0.25, 0.3) is 22.6 Å². The van der Waals surface area contributed by atoms with Crippen molar-refractivity contribution in [3.05, 3.63) is 72.3 Å². The highest BCUT2D eigenvalue weighted by Crippen LogP contribution is 2.28. The standard InChI is InChI=1S/C23H20N2O4/c1-27-21-12-9-16(13-22(21)28-2)19(26)14-24-17-10-7-15(8-11-17)23-25-18-5-3-4-6-20(18)29-23/h3-13,24H,14H2,1-2H3. The number of hydrogen-bond donors (Lipinski definition) is 1. The number of para-hydroxylation sites is 2. The van der Waals surface area contributed by atoms with E-state index < -0.39 is 0 Å². The molecular formula is C23H20N2O4. The number of anilines is 1. The number of Topliss-reactive ketones (excluding diaryl/α,β-unsaturated/α-hetero) is 1. The number of oxazole rings is 1. The molecule has 0 aliphatic heterocycles. The highest BCUT2D eigenvalue weighted by molar-refractivity contribution is 5.99.